The summed E-state index contributed by atoms with van der Waals surface area (Å²) in [6.45, 7) is 7.63. The lowest BCUT2D eigenvalue weighted by Crippen LogP contribution is -2.46. The van der Waals surface area contributed by atoms with Gasteiger partial charge in [-0.1, -0.05) is 62.4 Å². The molecule has 2 aliphatic rings. The standard InChI is InChI=1S/C31H40N4O3/c1-2-37-28-15-13-26(14-16-28)24-33-18-20-34(21-19-33)29-23-32-35(27-11-7-4-8-12-27)31(36)30(29)38-22-17-25-9-5-3-6-10-25/h4,7-8,11-16,23,25H,2-3,5-6,9-10,17-22,24H2,1H3. The van der Waals surface area contributed by atoms with E-state index in [0.717, 1.165) is 56.3 Å². The highest BCUT2D eigenvalue weighted by molar-refractivity contribution is 5.57. The van der Waals surface area contributed by atoms with Gasteiger partial charge in [0.1, 0.15) is 11.4 Å². The van der Waals surface area contributed by atoms with Crippen LogP contribution in [0.3, 0.4) is 0 Å². The fourth-order valence-electron chi connectivity index (χ4n) is 5.61. The molecule has 0 radical (unpaired) electrons. The summed E-state index contributed by atoms with van der Waals surface area (Å²) in [4.78, 5) is 18.3. The molecule has 1 aromatic heterocycles. The van der Waals surface area contributed by atoms with Gasteiger partial charge in [-0.2, -0.15) is 9.78 Å². The van der Waals surface area contributed by atoms with Crippen molar-refractivity contribution in [2.24, 2.45) is 5.92 Å². The third-order valence-corrected chi connectivity index (χ3v) is 7.77. The topological polar surface area (TPSA) is 59.8 Å². The van der Waals surface area contributed by atoms with Crippen molar-refractivity contribution in [3.63, 3.8) is 0 Å². The zero-order chi connectivity index (χ0) is 26.2. The predicted octanol–water partition coefficient (Wildman–Crippen LogP) is 5.30. The molecule has 1 aliphatic carbocycles. The second kappa shape index (κ2) is 13.0. The van der Waals surface area contributed by atoms with Crippen LogP contribution in [0.2, 0.25) is 0 Å². The molecule has 5 rings (SSSR count). The summed E-state index contributed by atoms with van der Waals surface area (Å²) >= 11 is 0. The summed E-state index contributed by atoms with van der Waals surface area (Å²) < 4.78 is 13.3. The van der Waals surface area contributed by atoms with Crippen molar-refractivity contribution >= 4 is 5.69 Å². The summed E-state index contributed by atoms with van der Waals surface area (Å²) in [6, 6.07) is 18.0. The van der Waals surface area contributed by atoms with Gasteiger partial charge >= 0.3 is 5.56 Å². The maximum Gasteiger partial charge on any atom is 0.316 e. The zero-order valence-electron chi connectivity index (χ0n) is 22.6. The van der Waals surface area contributed by atoms with Gasteiger partial charge in [-0.3, -0.25) is 9.69 Å². The Labute approximate surface area is 226 Å². The molecule has 1 aliphatic heterocycles. The maximum absolute atomic E-state index is 13.6. The highest BCUT2D eigenvalue weighted by Gasteiger charge is 2.24. The average molecular weight is 517 g/mol. The minimum atomic E-state index is -0.186. The van der Waals surface area contributed by atoms with E-state index in [1.165, 1.54) is 42.3 Å². The van der Waals surface area contributed by atoms with E-state index in [4.69, 9.17) is 9.47 Å². The van der Waals surface area contributed by atoms with Crippen LogP contribution < -0.4 is 19.9 Å². The summed E-state index contributed by atoms with van der Waals surface area (Å²) in [6.07, 6.45) is 9.33. The van der Waals surface area contributed by atoms with Gasteiger partial charge in [0, 0.05) is 32.7 Å². The highest BCUT2D eigenvalue weighted by Crippen LogP contribution is 2.29. The normalized spacial score (nSPS) is 16.9. The molecule has 38 heavy (non-hydrogen) atoms. The summed E-state index contributed by atoms with van der Waals surface area (Å²) in [5.74, 6) is 2.05. The molecular formula is C31H40N4O3. The summed E-state index contributed by atoms with van der Waals surface area (Å²) in [5.41, 5.74) is 2.66. The molecule has 7 heteroatoms. The van der Waals surface area contributed by atoms with Crippen LogP contribution in [0.5, 0.6) is 11.5 Å². The van der Waals surface area contributed by atoms with Crippen molar-refractivity contribution in [1.82, 2.24) is 14.7 Å². The smallest absolute Gasteiger partial charge is 0.316 e. The molecular weight excluding hydrogens is 476 g/mol. The molecule has 202 valence electrons. The Morgan fingerprint density at radius 2 is 1.63 bits per heavy atom. The number of hydrogen-bond acceptors (Lipinski definition) is 6. The number of piperazine rings is 1. The number of anilines is 1. The van der Waals surface area contributed by atoms with E-state index < -0.39 is 0 Å². The van der Waals surface area contributed by atoms with Gasteiger partial charge in [0.2, 0.25) is 5.75 Å². The van der Waals surface area contributed by atoms with E-state index in [2.05, 4.69) is 27.0 Å². The Balaban J connectivity index is 1.28. The van der Waals surface area contributed by atoms with Gasteiger partial charge in [-0.15, -0.1) is 0 Å². The molecule has 2 aromatic carbocycles. The average Bonchev–Trinajstić information content (AvgIpc) is 2.96. The number of ether oxygens (including phenoxy) is 2. The number of aromatic nitrogens is 2. The van der Waals surface area contributed by atoms with Crippen LogP contribution in [-0.2, 0) is 6.54 Å². The summed E-state index contributed by atoms with van der Waals surface area (Å²) in [7, 11) is 0. The second-order valence-corrected chi connectivity index (χ2v) is 10.4. The zero-order valence-corrected chi connectivity index (χ0v) is 22.6. The van der Waals surface area contributed by atoms with E-state index in [-0.39, 0.29) is 5.56 Å². The fourth-order valence-corrected chi connectivity index (χ4v) is 5.61. The van der Waals surface area contributed by atoms with Crippen LogP contribution in [-0.4, -0.2) is 54.1 Å². The van der Waals surface area contributed by atoms with Crippen molar-refractivity contribution in [1.29, 1.82) is 0 Å². The number of rotatable bonds is 10. The fraction of sp³-hybridized carbons (Fsp3) is 0.484. The number of para-hydroxylation sites is 1. The van der Waals surface area contributed by atoms with Gasteiger partial charge in [-0.05, 0) is 49.1 Å². The Hall–Kier alpha value is -3.32. The monoisotopic (exact) mass is 516 g/mol. The van der Waals surface area contributed by atoms with Crippen molar-refractivity contribution in [2.45, 2.75) is 52.0 Å². The van der Waals surface area contributed by atoms with E-state index in [1.807, 2.05) is 55.6 Å². The van der Waals surface area contributed by atoms with Crippen molar-refractivity contribution < 1.29 is 9.47 Å². The lowest BCUT2D eigenvalue weighted by molar-refractivity contribution is 0.237. The molecule has 1 saturated heterocycles. The SMILES string of the molecule is CCOc1ccc(CN2CCN(c3cnn(-c4ccccc4)c(=O)c3OCCC3CCCCC3)CC2)cc1. The molecule has 7 nitrogen and oxygen atoms in total. The minimum absolute atomic E-state index is 0.186. The predicted molar refractivity (Wildman–Crippen MR) is 152 cm³/mol. The Morgan fingerprint density at radius 1 is 0.895 bits per heavy atom. The van der Waals surface area contributed by atoms with Crippen LogP contribution in [0.1, 0.15) is 51.0 Å². The Kier molecular flexibility index (Phi) is 8.97. The van der Waals surface area contributed by atoms with E-state index >= 15 is 0 Å². The van der Waals surface area contributed by atoms with Gasteiger partial charge in [0.05, 0.1) is 25.1 Å². The van der Waals surface area contributed by atoms with E-state index in [9.17, 15) is 4.79 Å². The third-order valence-electron chi connectivity index (χ3n) is 7.77. The molecule has 0 spiro atoms. The Bertz CT molecular complexity index is 1200. The van der Waals surface area contributed by atoms with Gasteiger partial charge in [-0.25, -0.2) is 0 Å². The lowest BCUT2D eigenvalue weighted by Gasteiger charge is -2.36. The summed E-state index contributed by atoms with van der Waals surface area (Å²) in [5, 5.41) is 4.55. The first-order valence-electron chi connectivity index (χ1n) is 14.2. The van der Waals surface area contributed by atoms with Gasteiger partial charge < -0.3 is 14.4 Å². The molecule has 0 amide bonds. The largest absolute Gasteiger partial charge is 0.494 e. The first-order chi connectivity index (χ1) is 18.7. The van der Waals surface area contributed by atoms with E-state index in [0.29, 0.717) is 24.9 Å². The number of nitrogens with zero attached hydrogens (tertiary/aromatic N) is 4. The van der Waals surface area contributed by atoms with Crippen LogP contribution >= 0.6 is 0 Å². The van der Waals surface area contributed by atoms with Crippen LogP contribution in [0.4, 0.5) is 5.69 Å². The van der Waals surface area contributed by atoms with Crippen molar-refractivity contribution in [2.75, 3.05) is 44.3 Å². The second-order valence-electron chi connectivity index (χ2n) is 10.4. The first kappa shape index (κ1) is 26.3. The van der Waals surface area contributed by atoms with E-state index in [1.54, 1.807) is 0 Å². The van der Waals surface area contributed by atoms with Crippen LogP contribution in [0.25, 0.3) is 5.69 Å². The number of hydrogen-bond donors (Lipinski definition) is 0. The molecule has 0 bridgehead atoms. The molecule has 2 heterocycles. The first-order valence-corrected chi connectivity index (χ1v) is 14.2. The third kappa shape index (κ3) is 6.57. The number of benzene rings is 2. The molecule has 1 saturated carbocycles. The minimum Gasteiger partial charge on any atom is -0.494 e. The Morgan fingerprint density at radius 3 is 2.34 bits per heavy atom. The van der Waals surface area contributed by atoms with Gasteiger partial charge in [0.25, 0.3) is 0 Å². The van der Waals surface area contributed by atoms with Crippen LogP contribution in [0, 0.1) is 5.92 Å². The maximum atomic E-state index is 13.6. The molecule has 0 N–H and O–H groups in total. The molecule has 0 unspecified atom stereocenters. The van der Waals surface area contributed by atoms with Gasteiger partial charge in [0.15, 0.2) is 0 Å². The molecule has 0 atom stereocenters. The lowest BCUT2D eigenvalue weighted by atomic mass is 9.87. The van der Waals surface area contributed by atoms with Crippen molar-refractivity contribution in [3.05, 3.63) is 76.7 Å². The molecule has 2 fully saturated rings. The van der Waals surface area contributed by atoms with Crippen LogP contribution in [0.15, 0.2) is 65.6 Å². The highest BCUT2D eigenvalue weighted by atomic mass is 16.5. The quantitative estimate of drug-likeness (QED) is 0.364. The molecule has 3 aromatic rings. The van der Waals surface area contributed by atoms with Crippen molar-refractivity contribution in [3.8, 4) is 17.2 Å².